The molecule has 11 heteroatoms. The lowest BCUT2D eigenvalue weighted by atomic mass is 9.94. The van der Waals surface area contributed by atoms with Crippen LogP contribution in [0.15, 0.2) is 41.5 Å². The molecule has 1 aliphatic rings. The zero-order valence-electron chi connectivity index (χ0n) is 17.1. The smallest absolute Gasteiger partial charge is 0.252 e. The molecule has 0 bridgehead atoms. The molecule has 2 amide bonds. The molecule has 0 spiro atoms. The third kappa shape index (κ3) is 3.39. The van der Waals surface area contributed by atoms with Gasteiger partial charge in [-0.2, -0.15) is 5.10 Å². The van der Waals surface area contributed by atoms with Crippen LogP contribution in [0.2, 0.25) is 0 Å². The molecule has 11 nitrogen and oxygen atoms in total. The summed E-state index contributed by atoms with van der Waals surface area (Å²) in [5.74, 6) is -0.208. The number of aromatic nitrogens is 6. The third-order valence-corrected chi connectivity index (χ3v) is 5.31. The van der Waals surface area contributed by atoms with Crippen molar-refractivity contribution in [1.29, 1.82) is 0 Å². The van der Waals surface area contributed by atoms with Gasteiger partial charge in [-0.05, 0) is 11.6 Å². The molecular weight excluding hydrogens is 410 g/mol. The van der Waals surface area contributed by atoms with Crippen LogP contribution in [-0.4, -0.2) is 48.2 Å². The second kappa shape index (κ2) is 7.69. The number of hydrogen-bond acceptors (Lipinski definition) is 7. The Morgan fingerprint density at radius 1 is 1.28 bits per heavy atom. The van der Waals surface area contributed by atoms with Crippen molar-refractivity contribution in [2.75, 3.05) is 0 Å². The first kappa shape index (κ1) is 19.5. The Morgan fingerprint density at radius 2 is 2.16 bits per heavy atom. The summed E-state index contributed by atoms with van der Waals surface area (Å²) in [5, 5.41) is 10.9. The molecule has 5 heterocycles. The van der Waals surface area contributed by atoms with Gasteiger partial charge in [-0.25, -0.2) is 9.97 Å². The van der Waals surface area contributed by atoms with E-state index in [0.717, 1.165) is 16.6 Å². The van der Waals surface area contributed by atoms with Gasteiger partial charge in [0.05, 0.1) is 22.7 Å². The third-order valence-electron chi connectivity index (χ3n) is 5.31. The van der Waals surface area contributed by atoms with E-state index >= 15 is 0 Å². The van der Waals surface area contributed by atoms with Gasteiger partial charge in [-0.15, -0.1) is 0 Å². The summed E-state index contributed by atoms with van der Waals surface area (Å²) in [7, 11) is 0. The molecule has 1 atom stereocenters. The number of imidazole rings is 1. The standard InChI is InChI=1S/C21H19N9O2/c1-2-16(31)26-12-3-10(5-23-7-12)11-4-13-18(29-30-20(13)25-6-11)21-27-15-9-24-8-14(19(22)32)17(15)28-21/h4-10H,2-3H2,1H3,(H2,22,32)(H,26,31)(H,27,28)(H,25,29,30). The number of H-pyrrole nitrogens is 2. The molecule has 4 aromatic rings. The molecule has 0 fully saturated rings. The van der Waals surface area contributed by atoms with E-state index in [1.54, 1.807) is 25.5 Å². The molecular formula is C21H19N9O2. The quantitative estimate of drug-likeness (QED) is 0.378. The number of fused-ring (bicyclic) bond motifs is 2. The second-order valence-electron chi connectivity index (χ2n) is 7.44. The molecule has 0 radical (unpaired) electrons. The van der Waals surface area contributed by atoms with E-state index in [2.05, 4.69) is 40.4 Å². The number of amides is 2. The summed E-state index contributed by atoms with van der Waals surface area (Å²) in [5.41, 5.74) is 9.56. The van der Waals surface area contributed by atoms with E-state index in [1.807, 2.05) is 12.3 Å². The van der Waals surface area contributed by atoms with Crippen molar-refractivity contribution in [1.82, 2.24) is 35.5 Å². The van der Waals surface area contributed by atoms with E-state index in [-0.39, 0.29) is 17.4 Å². The Bertz CT molecular complexity index is 1430. The molecule has 5 rings (SSSR count). The Labute approximate surface area is 181 Å². The maximum absolute atomic E-state index is 11.7. The van der Waals surface area contributed by atoms with Crippen molar-refractivity contribution in [3.8, 4) is 11.5 Å². The highest BCUT2D eigenvalue weighted by molar-refractivity contribution is 6.04. The van der Waals surface area contributed by atoms with Crippen molar-refractivity contribution in [2.45, 2.75) is 25.7 Å². The van der Waals surface area contributed by atoms with Gasteiger partial charge in [0.25, 0.3) is 5.91 Å². The number of aromatic amines is 2. The van der Waals surface area contributed by atoms with Gasteiger partial charge in [0.1, 0.15) is 11.2 Å². The van der Waals surface area contributed by atoms with Crippen LogP contribution in [0.1, 0.15) is 41.6 Å². The summed E-state index contributed by atoms with van der Waals surface area (Å²) in [4.78, 5) is 43.9. The average Bonchev–Trinajstić information content (AvgIpc) is 3.42. The Morgan fingerprint density at radius 3 is 2.97 bits per heavy atom. The number of primary amides is 1. The van der Waals surface area contributed by atoms with E-state index in [0.29, 0.717) is 41.0 Å². The van der Waals surface area contributed by atoms with Crippen LogP contribution in [0.3, 0.4) is 0 Å². The van der Waals surface area contributed by atoms with E-state index in [9.17, 15) is 9.59 Å². The fourth-order valence-electron chi connectivity index (χ4n) is 3.66. The predicted octanol–water partition coefficient (Wildman–Crippen LogP) is 1.92. The Hall–Kier alpha value is -4.41. The van der Waals surface area contributed by atoms with Crippen molar-refractivity contribution < 1.29 is 9.59 Å². The molecule has 0 aromatic carbocycles. The zero-order valence-corrected chi connectivity index (χ0v) is 17.1. The minimum Gasteiger partial charge on any atom is -0.365 e. The van der Waals surface area contributed by atoms with Gasteiger partial charge in [0, 0.05) is 49.3 Å². The molecule has 0 saturated carbocycles. The van der Waals surface area contributed by atoms with Crippen LogP contribution in [0, 0.1) is 0 Å². The first-order chi connectivity index (χ1) is 15.5. The lowest BCUT2D eigenvalue weighted by Crippen LogP contribution is -2.24. The van der Waals surface area contributed by atoms with Gasteiger partial charge in [0.15, 0.2) is 11.5 Å². The lowest BCUT2D eigenvalue weighted by Gasteiger charge is -2.18. The number of nitrogens with one attached hydrogen (secondary N) is 3. The molecule has 1 unspecified atom stereocenters. The summed E-state index contributed by atoms with van der Waals surface area (Å²) < 4.78 is 0. The molecule has 0 aliphatic carbocycles. The van der Waals surface area contributed by atoms with Crippen molar-refractivity contribution in [3.63, 3.8) is 0 Å². The fourth-order valence-corrected chi connectivity index (χ4v) is 3.66. The number of nitrogens with two attached hydrogens (primary N) is 1. The highest BCUT2D eigenvalue weighted by Gasteiger charge is 2.20. The van der Waals surface area contributed by atoms with E-state index < -0.39 is 5.91 Å². The summed E-state index contributed by atoms with van der Waals surface area (Å²) in [6.45, 7) is 1.80. The monoisotopic (exact) mass is 429 g/mol. The number of aliphatic imine (C=N–C) groups is 1. The molecule has 0 saturated heterocycles. The topological polar surface area (TPSA) is 168 Å². The van der Waals surface area contributed by atoms with Crippen molar-refractivity contribution >= 4 is 40.1 Å². The number of nitrogens with zero attached hydrogens (tertiary/aromatic N) is 5. The van der Waals surface area contributed by atoms with Crippen LogP contribution in [0.4, 0.5) is 0 Å². The molecule has 1 aliphatic heterocycles. The number of pyridine rings is 2. The Balaban J connectivity index is 1.52. The lowest BCUT2D eigenvalue weighted by molar-refractivity contribution is -0.120. The molecule has 5 N–H and O–H groups in total. The van der Waals surface area contributed by atoms with E-state index in [4.69, 9.17) is 5.73 Å². The molecule has 4 aromatic heterocycles. The van der Waals surface area contributed by atoms with Crippen molar-refractivity contribution in [3.05, 3.63) is 47.7 Å². The normalized spacial score (nSPS) is 15.8. The van der Waals surface area contributed by atoms with Crippen LogP contribution >= 0.6 is 0 Å². The second-order valence-corrected chi connectivity index (χ2v) is 7.44. The Kier molecular flexibility index (Phi) is 4.70. The fraction of sp³-hybridized carbons (Fsp3) is 0.190. The molecule has 160 valence electrons. The minimum absolute atomic E-state index is 0.0480. The molecule has 32 heavy (non-hydrogen) atoms. The number of allylic oxidation sites excluding steroid dienone is 1. The van der Waals surface area contributed by atoms with Crippen LogP contribution in [0.25, 0.3) is 33.6 Å². The van der Waals surface area contributed by atoms with Crippen LogP contribution < -0.4 is 11.1 Å². The highest BCUT2D eigenvalue weighted by Crippen LogP contribution is 2.30. The number of carbonyl (C=O) groups excluding carboxylic acids is 2. The first-order valence-electron chi connectivity index (χ1n) is 10.0. The minimum atomic E-state index is -0.602. The zero-order chi connectivity index (χ0) is 22.2. The van der Waals surface area contributed by atoms with E-state index in [1.165, 1.54) is 6.20 Å². The van der Waals surface area contributed by atoms with Crippen LogP contribution in [0.5, 0.6) is 0 Å². The SMILES string of the molecule is CCC(=O)NC1=CN=CC(c2cnc3n[nH]c(-c4nc5c(C(N)=O)cncc5[nH]4)c3c2)C1. The maximum Gasteiger partial charge on any atom is 0.252 e. The van der Waals surface area contributed by atoms with Gasteiger partial charge in [-0.1, -0.05) is 6.92 Å². The predicted molar refractivity (Wildman–Crippen MR) is 118 cm³/mol. The number of hydrogen-bond donors (Lipinski definition) is 4. The number of rotatable bonds is 5. The van der Waals surface area contributed by atoms with Gasteiger partial charge >= 0.3 is 0 Å². The van der Waals surface area contributed by atoms with Gasteiger partial charge in [-0.3, -0.25) is 24.7 Å². The average molecular weight is 429 g/mol. The van der Waals surface area contributed by atoms with Crippen LogP contribution in [-0.2, 0) is 4.79 Å². The largest absolute Gasteiger partial charge is 0.365 e. The summed E-state index contributed by atoms with van der Waals surface area (Å²) >= 11 is 0. The maximum atomic E-state index is 11.7. The van der Waals surface area contributed by atoms with Gasteiger partial charge in [0.2, 0.25) is 5.91 Å². The summed E-state index contributed by atoms with van der Waals surface area (Å²) in [6, 6.07) is 1.98. The van der Waals surface area contributed by atoms with Gasteiger partial charge < -0.3 is 16.0 Å². The first-order valence-corrected chi connectivity index (χ1v) is 10.0. The summed E-state index contributed by atoms with van der Waals surface area (Å²) in [6.07, 6.45) is 9.23. The highest BCUT2D eigenvalue weighted by atomic mass is 16.1. The number of carbonyl (C=O) groups is 2. The van der Waals surface area contributed by atoms with Crippen molar-refractivity contribution in [2.24, 2.45) is 10.7 Å².